The number of carboxylic acids is 1. The van der Waals surface area contributed by atoms with Crippen LogP contribution in [0, 0.1) is 0 Å². The minimum atomic E-state index is -1.39. The van der Waals surface area contributed by atoms with Crippen molar-refractivity contribution in [2.75, 3.05) is 20.3 Å². The van der Waals surface area contributed by atoms with Crippen molar-refractivity contribution >= 4 is 35.1 Å². The molecular weight excluding hydrogens is 445 g/mol. The van der Waals surface area contributed by atoms with E-state index in [-0.39, 0.29) is 32.1 Å². The Balaban J connectivity index is 1.63. The highest BCUT2D eigenvalue weighted by atomic mass is 35.5. The second kappa shape index (κ2) is 10.0. The molecule has 3 rings (SSSR count). The maximum Gasteiger partial charge on any atom is 0.340 e. The van der Waals surface area contributed by atoms with Crippen LogP contribution in [0.5, 0.6) is 11.5 Å². The Morgan fingerprint density at radius 3 is 2.61 bits per heavy atom. The molecule has 1 unspecified atom stereocenters. The fourth-order valence-corrected chi connectivity index (χ4v) is 3.63. The van der Waals surface area contributed by atoms with Gasteiger partial charge in [0.05, 0.1) is 18.7 Å². The Hall–Kier alpha value is -2.74. The van der Waals surface area contributed by atoms with E-state index in [9.17, 15) is 14.7 Å². The highest BCUT2D eigenvalue weighted by Gasteiger charge is 2.39. The number of carboxylic acid groups (broad SMARTS) is 1. The van der Waals surface area contributed by atoms with Gasteiger partial charge in [0.2, 0.25) is 0 Å². The fraction of sp³-hybridized carbons (Fsp3) is 0.273. The Morgan fingerprint density at radius 1 is 1.19 bits per heavy atom. The molecule has 0 saturated heterocycles. The van der Waals surface area contributed by atoms with Gasteiger partial charge in [-0.05, 0) is 35.9 Å². The minimum absolute atomic E-state index is 0.155. The first-order valence-electron chi connectivity index (χ1n) is 9.38. The van der Waals surface area contributed by atoms with Crippen molar-refractivity contribution in [3.63, 3.8) is 0 Å². The summed E-state index contributed by atoms with van der Waals surface area (Å²) in [6.45, 7) is 0.192. The lowest BCUT2D eigenvalue weighted by Gasteiger charge is -2.22. The van der Waals surface area contributed by atoms with Gasteiger partial charge >= 0.3 is 5.97 Å². The highest BCUT2D eigenvalue weighted by Crippen LogP contribution is 2.29. The van der Waals surface area contributed by atoms with Gasteiger partial charge in [-0.15, -0.1) is 0 Å². The molecule has 2 N–H and O–H groups in total. The summed E-state index contributed by atoms with van der Waals surface area (Å²) in [6, 6.07) is 10.0. The van der Waals surface area contributed by atoms with E-state index in [0.29, 0.717) is 27.1 Å². The number of methoxy groups -OCH3 is 1. The average molecular weight is 466 g/mol. The molecule has 2 aromatic rings. The van der Waals surface area contributed by atoms with Crippen LogP contribution in [0.15, 0.2) is 48.6 Å². The van der Waals surface area contributed by atoms with Crippen LogP contribution in [0.1, 0.15) is 11.1 Å². The summed E-state index contributed by atoms with van der Waals surface area (Å²) in [5.41, 5.74) is 0.0458. The molecule has 0 aliphatic carbocycles. The number of carbonyl (C=O) groups excluding carboxylic acids is 1. The van der Waals surface area contributed by atoms with E-state index in [1.54, 1.807) is 42.5 Å². The third-order valence-corrected chi connectivity index (χ3v) is 5.26. The molecule has 9 heteroatoms. The number of amides is 1. The van der Waals surface area contributed by atoms with Gasteiger partial charge in [-0.25, -0.2) is 4.79 Å². The summed E-state index contributed by atoms with van der Waals surface area (Å²) in [5.74, 6) is -0.491. The van der Waals surface area contributed by atoms with Gasteiger partial charge < -0.3 is 24.6 Å². The molecule has 164 valence electrons. The maximum atomic E-state index is 12.2. The lowest BCUT2D eigenvalue weighted by Crippen LogP contribution is -2.39. The molecule has 1 heterocycles. The van der Waals surface area contributed by atoms with E-state index in [1.165, 1.54) is 13.2 Å². The zero-order chi connectivity index (χ0) is 22.4. The predicted octanol–water partition coefficient (Wildman–Crippen LogP) is 3.65. The number of hydrogen-bond acceptors (Lipinski definition) is 5. The largest absolute Gasteiger partial charge is 0.496 e. The topological polar surface area (TPSA) is 94.1 Å². The summed E-state index contributed by atoms with van der Waals surface area (Å²) in [7, 11) is 1.52. The summed E-state index contributed by atoms with van der Waals surface area (Å²) in [6.07, 6.45) is 3.40. The predicted molar refractivity (Wildman–Crippen MR) is 116 cm³/mol. The molecule has 7 nitrogen and oxygen atoms in total. The zero-order valence-corrected chi connectivity index (χ0v) is 18.2. The first-order chi connectivity index (χ1) is 14.8. The van der Waals surface area contributed by atoms with E-state index >= 15 is 0 Å². The molecular formula is C22H21Cl2NO6. The maximum absolute atomic E-state index is 12.2. The standard InChI is InChI=1S/C22H21Cl2NO6/c1-29-18-5-3-14(11-22(21(27)28)7-2-8-31-22)9-15(18)12-25-20(26)13-30-19-6-4-16(23)10-17(19)24/h2-7,9-10H,8,11-13H2,1H3,(H,25,26)(H,27,28). The van der Waals surface area contributed by atoms with Crippen LogP contribution in [0.25, 0.3) is 0 Å². The Morgan fingerprint density at radius 2 is 1.97 bits per heavy atom. The normalized spacial score (nSPS) is 17.4. The number of aliphatic carboxylic acids is 1. The van der Waals surface area contributed by atoms with Crippen LogP contribution >= 0.6 is 23.2 Å². The number of rotatable bonds is 9. The molecule has 2 aromatic carbocycles. The summed E-state index contributed by atoms with van der Waals surface area (Å²) >= 11 is 11.9. The molecule has 0 fully saturated rings. The molecule has 1 aliphatic heterocycles. The molecule has 1 aliphatic rings. The molecule has 0 aromatic heterocycles. The summed E-state index contributed by atoms with van der Waals surface area (Å²) in [4.78, 5) is 23.9. The van der Waals surface area contributed by atoms with Gasteiger partial charge in [-0.1, -0.05) is 41.4 Å². The molecule has 31 heavy (non-hydrogen) atoms. The number of hydrogen-bond donors (Lipinski definition) is 2. The van der Waals surface area contributed by atoms with Gasteiger partial charge in [0.1, 0.15) is 11.5 Å². The van der Waals surface area contributed by atoms with Crippen molar-refractivity contribution < 1.29 is 28.9 Å². The molecule has 0 radical (unpaired) electrons. The number of carbonyl (C=O) groups is 2. The molecule has 0 bridgehead atoms. The minimum Gasteiger partial charge on any atom is -0.496 e. The van der Waals surface area contributed by atoms with Crippen LogP contribution in [0.3, 0.4) is 0 Å². The lowest BCUT2D eigenvalue weighted by molar-refractivity contribution is -0.156. The van der Waals surface area contributed by atoms with E-state index in [2.05, 4.69) is 5.32 Å². The number of benzene rings is 2. The second-order valence-corrected chi connectivity index (χ2v) is 7.71. The monoisotopic (exact) mass is 465 g/mol. The van der Waals surface area contributed by atoms with E-state index in [0.717, 1.165) is 5.56 Å². The average Bonchev–Trinajstić information content (AvgIpc) is 3.21. The third kappa shape index (κ3) is 5.70. The molecule has 0 spiro atoms. The SMILES string of the molecule is COc1ccc(CC2(C(=O)O)C=CCO2)cc1CNC(=O)COc1ccc(Cl)cc1Cl. The Kier molecular flexibility index (Phi) is 7.43. The van der Waals surface area contributed by atoms with E-state index < -0.39 is 11.6 Å². The van der Waals surface area contributed by atoms with Crippen molar-refractivity contribution in [1.82, 2.24) is 5.32 Å². The Labute approximate surface area is 189 Å². The van der Waals surface area contributed by atoms with Crippen molar-refractivity contribution in [3.05, 3.63) is 69.7 Å². The lowest BCUT2D eigenvalue weighted by atomic mass is 9.93. The summed E-state index contributed by atoms with van der Waals surface area (Å²) in [5, 5.41) is 13.1. The summed E-state index contributed by atoms with van der Waals surface area (Å²) < 4.78 is 16.2. The van der Waals surface area contributed by atoms with Gasteiger partial charge in [-0.3, -0.25) is 4.79 Å². The van der Waals surface area contributed by atoms with Crippen LogP contribution < -0.4 is 14.8 Å². The van der Waals surface area contributed by atoms with Gasteiger partial charge in [0.15, 0.2) is 12.2 Å². The smallest absolute Gasteiger partial charge is 0.340 e. The van der Waals surface area contributed by atoms with Crippen LogP contribution in [-0.2, 0) is 27.3 Å². The number of halogens is 2. The van der Waals surface area contributed by atoms with Crippen LogP contribution in [0.2, 0.25) is 10.0 Å². The second-order valence-electron chi connectivity index (χ2n) is 6.87. The van der Waals surface area contributed by atoms with Crippen molar-refractivity contribution in [3.8, 4) is 11.5 Å². The molecule has 0 saturated carbocycles. The van der Waals surface area contributed by atoms with Crippen LogP contribution in [-0.4, -0.2) is 42.9 Å². The van der Waals surface area contributed by atoms with Gasteiger partial charge in [-0.2, -0.15) is 0 Å². The first kappa shape index (κ1) is 22.9. The van der Waals surface area contributed by atoms with Crippen molar-refractivity contribution in [2.45, 2.75) is 18.6 Å². The van der Waals surface area contributed by atoms with E-state index in [1.807, 2.05) is 0 Å². The van der Waals surface area contributed by atoms with Gasteiger partial charge in [0.25, 0.3) is 5.91 Å². The fourth-order valence-electron chi connectivity index (χ4n) is 3.17. The van der Waals surface area contributed by atoms with Crippen LogP contribution in [0.4, 0.5) is 0 Å². The number of nitrogens with one attached hydrogen (secondary N) is 1. The number of ether oxygens (including phenoxy) is 3. The quantitative estimate of drug-likeness (QED) is 0.548. The zero-order valence-electron chi connectivity index (χ0n) is 16.7. The molecule has 1 amide bonds. The van der Waals surface area contributed by atoms with Crippen molar-refractivity contribution in [1.29, 1.82) is 0 Å². The van der Waals surface area contributed by atoms with Gasteiger partial charge in [0, 0.05) is 23.6 Å². The van der Waals surface area contributed by atoms with E-state index in [4.69, 9.17) is 37.4 Å². The highest BCUT2D eigenvalue weighted by molar-refractivity contribution is 6.35. The molecule has 1 atom stereocenters. The Bertz CT molecular complexity index is 1010. The van der Waals surface area contributed by atoms with Crippen molar-refractivity contribution in [2.24, 2.45) is 0 Å². The third-order valence-electron chi connectivity index (χ3n) is 4.73. The first-order valence-corrected chi connectivity index (χ1v) is 10.1.